The van der Waals surface area contributed by atoms with E-state index in [1.807, 2.05) is 31.2 Å². The molecule has 3 aromatic rings. The zero-order valence-electron chi connectivity index (χ0n) is 14.3. The van der Waals surface area contributed by atoms with Crippen LogP contribution in [0.15, 0.2) is 55.0 Å². The molecule has 4 rings (SSSR count). The molecule has 2 aromatic heterocycles. The predicted octanol–water partition coefficient (Wildman–Crippen LogP) is 2.47. The molecule has 6 nitrogen and oxygen atoms in total. The lowest BCUT2D eigenvalue weighted by Gasteiger charge is -2.17. The number of nitrogens with zero attached hydrogens (tertiary/aromatic N) is 3. The molecule has 1 N–H and O–H groups in total. The van der Waals surface area contributed by atoms with Crippen molar-refractivity contribution in [2.45, 2.75) is 19.4 Å². The molecular formula is C20H18N4O2. The third-order valence-electron chi connectivity index (χ3n) is 4.64. The smallest absolute Gasteiger partial charge is 0.252 e. The van der Waals surface area contributed by atoms with Gasteiger partial charge in [-0.1, -0.05) is 17.7 Å². The highest BCUT2D eigenvalue weighted by Gasteiger charge is 2.33. The first kappa shape index (κ1) is 16.2. The van der Waals surface area contributed by atoms with Gasteiger partial charge in [0.2, 0.25) is 5.91 Å². The van der Waals surface area contributed by atoms with Crippen molar-refractivity contribution in [3.8, 4) is 0 Å². The van der Waals surface area contributed by atoms with Gasteiger partial charge in [-0.15, -0.1) is 0 Å². The van der Waals surface area contributed by atoms with Crippen LogP contribution in [0.25, 0.3) is 10.9 Å². The molecule has 1 saturated heterocycles. The van der Waals surface area contributed by atoms with E-state index in [0.29, 0.717) is 29.4 Å². The number of rotatable bonds is 3. The Morgan fingerprint density at radius 3 is 2.77 bits per heavy atom. The molecule has 1 aliphatic heterocycles. The van der Waals surface area contributed by atoms with E-state index >= 15 is 0 Å². The van der Waals surface area contributed by atoms with Gasteiger partial charge in [0.25, 0.3) is 5.91 Å². The van der Waals surface area contributed by atoms with Crippen LogP contribution >= 0.6 is 0 Å². The van der Waals surface area contributed by atoms with Crippen LogP contribution in [0.1, 0.15) is 22.3 Å². The zero-order chi connectivity index (χ0) is 18.1. The first-order valence-electron chi connectivity index (χ1n) is 8.51. The van der Waals surface area contributed by atoms with Gasteiger partial charge < -0.3 is 10.2 Å². The number of nitrogens with one attached hydrogen (secondary N) is 1. The Hall–Kier alpha value is -3.28. The fourth-order valence-corrected chi connectivity index (χ4v) is 3.22. The Morgan fingerprint density at radius 2 is 1.96 bits per heavy atom. The van der Waals surface area contributed by atoms with Gasteiger partial charge in [-0.2, -0.15) is 0 Å². The molecule has 1 aliphatic rings. The first-order chi connectivity index (χ1) is 12.6. The number of amides is 2. The van der Waals surface area contributed by atoms with E-state index in [1.165, 1.54) is 0 Å². The van der Waals surface area contributed by atoms with E-state index in [4.69, 9.17) is 0 Å². The highest BCUT2D eigenvalue weighted by atomic mass is 16.2. The van der Waals surface area contributed by atoms with Crippen LogP contribution < -0.4 is 10.2 Å². The molecule has 2 amide bonds. The second kappa shape index (κ2) is 6.55. The summed E-state index contributed by atoms with van der Waals surface area (Å²) in [5.74, 6) is -0.367. The van der Waals surface area contributed by atoms with Crippen LogP contribution in [-0.4, -0.2) is 34.4 Å². The fraction of sp³-hybridized carbons (Fsp3) is 0.200. The quantitative estimate of drug-likeness (QED) is 0.790. The van der Waals surface area contributed by atoms with Crippen molar-refractivity contribution in [1.29, 1.82) is 0 Å². The number of benzene rings is 1. The topological polar surface area (TPSA) is 75.2 Å². The average molecular weight is 346 g/mol. The van der Waals surface area contributed by atoms with Gasteiger partial charge >= 0.3 is 0 Å². The van der Waals surface area contributed by atoms with Crippen LogP contribution in [0.4, 0.5) is 5.69 Å². The molecule has 0 radical (unpaired) electrons. The lowest BCUT2D eigenvalue weighted by atomic mass is 10.1. The van der Waals surface area contributed by atoms with E-state index in [1.54, 1.807) is 35.6 Å². The van der Waals surface area contributed by atoms with Gasteiger partial charge in [-0.25, -0.2) is 0 Å². The van der Waals surface area contributed by atoms with E-state index in [0.717, 1.165) is 11.3 Å². The van der Waals surface area contributed by atoms with Crippen molar-refractivity contribution < 1.29 is 9.59 Å². The third-order valence-corrected chi connectivity index (χ3v) is 4.64. The van der Waals surface area contributed by atoms with Gasteiger partial charge in [0, 0.05) is 36.2 Å². The van der Waals surface area contributed by atoms with Gasteiger partial charge in [0.05, 0.1) is 11.1 Å². The normalized spacial score (nSPS) is 16.9. The van der Waals surface area contributed by atoms with E-state index < -0.39 is 6.04 Å². The van der Waals surface area contributed by atoms with Crippen LogP contribution in [0.2, 0.25) is 0 Å². The number of aryl methyl sites for hydroxylation is 1. The summed E-state index contributed by atoms with van der Waals surface area (Å²) in [7, 11) is 0. The van der Waals surface area contributed by atoms with Crippen molar-refractivity contribution >= 4 is 28.4 Å². The summed E-state index contributed by atoms with van der Waals surface area (Å²) in [6.45, 7) is 2.60. The summed E-state index contributed by atoms with van der Waals surface area (Å²) in [5.41, 5.74) is 3.18. The van der Waals surface area contributed by atoms with E-state index in [-0.39, 0.29) is 11.8 Å². The van der Waals surface area contributed by atoms with E-state index in [9.17, 15) is 9.59 Å². The number of anilines is 1. The molecule has 26 heavy (non-hydrogen) atoms. The number of hydrogen-bond donors (Lipinski definition) is 1. The van der Waals surface area contributed by atoms with Crippen molar-refractivity contribution in [1.82, 2.24) is 15.3 Å². The monoisotopic (exact) mass is 346 g/mol. The highest BCUT2D eigenvalue weighted by Crippen LogP contribution is 2.23. The number of aromatic nitrogens is 2. The van der Waals surface area contributed by atoms with Gasteiger partial charge in [-0.05, 0) is 37.6 Å². The Bertz CT molecular complexity index is 979. The maximum absolute atomic E-state index is 12.7. The van der Waals surface area contributed by atoms with Crippen molar-refractivity contribution in [2.75, 3.05) is 11.4 Å². The van der Waals surface area contributed by atoms with Crippen molar-refractivity contribution in [3.63, 3.8) is 0 Å². The number of hydrogen-bond acceptors (Lipinski definition) is 4. The summed E-state index contributed by atoms with van der Waals surface area (Å²) in [5, 5.41) is 3.54. The Kier molecular flexibility index (Phi) is 4.08. The van der Waals surface area contributed by atoms with Crippen molar-refractivity contribution in [2.24, 2.45) is 0 Å². The maximum atomic E-state index is 12.7. The highest BCUT2D eigenvalue weighted by molar-refractivity contribution is 6.08. The lowest BCUT2D eigenvalue weighted by Crippen LogP contribution is -2.41. The molecule has 1 aromatic carbocycles. The Labute approximate surface area is 150 Å². The predicted molar refractivity (Wildman–Crippen MR) is 98.9 cm³/mol. The molecule has 0 spiro atoms. The summed E-state index contributed by atoms with van der Waals surface area (Å²) in [6.07, 6.45) is 5.43. The molecule has 1 atom stereocenters. The molecule has 0 aliphatic carbocycles. The zero-order valence-corrected chi connectivity index (χ0v) is 14.3. The molecule has 0 bridgehead atoms. The molecular weight excluding hydrogens is 328 g/mol. The van der Waals surface area contributed by atoms with Crippen LogP contribution in [0.3, 0.4) is 0 Å². The Morgan fingerprint density at radius 1 is 1.15 bits per heavy atom. The first-order valence-corrected chi connectivity index (χ1v) is 8.51. The molecule has 3 heterocycles. The van der Waals surface area contributed by atoms with Gasteiger partial charge in [0.1, 0.15) is 6.04 Å². The molecule has 6 heteroatoms. The molecule has 130 valence electrons. The second-order valence-electron chi connectivity index (χ2n) is 6.39. The van der Waals surface area contributed by atoms with Crippen LogP contribution in [0.5, 0.6) is 0 Å². The number of fused-ring (bicyclic) bond motifs is 1. The summed E-state index contributed by atoms with van der Waals surface area (Å²) >= 11 is 0. The summed E-state index contributed by atoms with van der Waals surface area (Å²) in [6, 6.07) is 10.7. The minimum atomic E-state index is -0.524. The van der Waals surface area contributed by atoms with Crippen LogP contribution in [-0.2, 0) is 4.79 Å². The minimum Gasteiger partial charge on any atom is -0.340 e. The fourth-order valence-electron chi connectivity index (χ4n) is 3.22. The second-order valence-corrected chi connectivity index (χ2v) is 6.39. The largest absolute Gasteiger partial charge is 0.340 e. The molecule has 0 saturated carbocycles. The summed E-state index contributed by atoms with van der Waals surface area (Å²) < 4.78 is 0. The number of pyridine rings is 2. The lowest BCUT2D eigenvalue weighted by molar-refractivity contribution is -0.118. The maximum Gasteiger partial charge on any atom is 0.252 e. The summed E-state index contributed by atoms with van der Waals surface area (Å²) in [4.78, 5) is 35.4. The molecule has 1 unspecified atom stereocenters. The third kappa shape index (κ3) is 2.90. The van der Waals surface area contributed by atoms with E-state index in [2.05, 4.69) is 15.3 Å². The van der Waals surface area contributed by atoms with Crippen LogP contribution in [0, 0.1) is 6.92 Å². The molecule has 1 fully saturated rings. The SMILES string of the molecule is Cc1ccc(N2CCC(NC(=O)c3ccnc4ccncc34)C2=O)cc1. The Balaban J connectivity index is 1.53. The van der Waals surface area contributed by atoms with Gasteiger partial charge in [-0.3, -0.25) is 19.6 Å². The van der Waals surface area contributed by atoms with Crippen molar-refractivity contribution in [3.05, 3.63) is 66.1 Å². The number of carbonyl (C=O) groups is 2. The minimum absolute atomic E-state index is 0.0845. The average Bonchev–Trinajstić information content (AvgIpc) is 3.02. The van der Waals surface area contributed by atoms with Gasteiger partial charge in [0.15, 0.2) is 0 Å². The standard InChI is InChI=1S/C20H18N4O2/c1-13-2-4-14(5-3-13)24-11-8-18(20(24)26)23-19(25)15-6-10-22-17-7-9-21-12-16(15)17/h2-7,9-10,12,18H,8,11H2,1H3,(H,23,25). The number of carbonyl (C=O) groups excluding carboxylic acids is 2.